The number of hydrazone groups is 1. The van der Waals surface area contributed by atoms with Crippen LogP contribution in [0, 0.1) is 10.1 Å². The van der Waals surface area contributed by atoms with E-state index in [0.717, 1.165) is 18.3 Å². The molecule has 9 nitrogen and oxygen atoms in total. The Balaban J connectivity index is 2.10. The number of aromatic hydroxyl groups is 1. The van der Waals surface area contributed by atoms with E-state index in [0.29, 0.717) is 0 Å². The molecule has 0 aliphatic carbocycles. The third-order valence-electron chi connectivity index (χ3n) is 2.36. The molecule has 9 heteroatoms. The van der Waals surface area contributed by atoms with E-state index in [1.165, 1.54) is 18.5 Å². The van der Waals surface area contributed by atoms with Crippen molar-refractivity contribution in [3.63, 3.8) is 0 Å². The Morgan fingerprint density at radius 2 is 2.10 bits per heavy atom. The minimum Gasteiger partial charge on any atom is -0.507 e. The molecule has 2 N–H and O–H groups in total. The smallest absolute Gasteiger partial charge is 0.309 e. The Morgan fingerprint density at radius 1 is 1.38 bits per heavy atom. The maximum atomic E-state index is 11.6. The fraction of sp³-hybridized carbons (Fsp3) is 0. The number of benzene rings is 1. The van der Waals surface area contributed by atoms with Gasteiger partial charge in [0.05, 0.1) is 11.1 Å². The van der Waals surface area contributed by atoms with Crippen LogP contribution in [-0.2, 0) is 0 Å². The summed E-state index contributed by atoms with van der Waals surface area (Å²) < 4.78 is 0. The van der Waals surface area contributed by atoms with E-state index >= 15 is 0 Å². The molecule has 0 spiro atoms. The van der Waals surface area contributed by atoms with Gasteiger partial charge in [-0.25, -0.2) is 15.4 Å². The molecule has 0 aliphatic rings. The second-order valence-corrected chi connectivity index (χ2v) is 3.77. The van der Waals surface area contributed by atoms with Crippen LogP contribution in [0.5, 0.6) is 5.75 Å². The largest absolute Gasteiger partial charge is 0.507 e. The number of rotatable bonds is 4. The highest BCUT2D eigenvalue weighted by molar-refractivity contribution is 5.91. The number of phenols is 1. The summed E-state index contributed by atoms with van der Waals surface area (Å²) >= 11 is 0. The molecule has 0 unspecified atom stereocenters. The molecule has 0 saturated heterocycles. The average Bonchev–Trinajstić information content (AvgIpc) is 2.49. The number of hydrogen-bond acceptors (Lipinski definition) is 7. The van der Waals surface area contributed by atoms with Gasteiger partial charge in [0.25, 0.3) is 5.69 Å². The van der Waals surface area contributed by atoms with Crippen LogP contribution in [0.15, 0.2) is 41.8 Å². The Morgan fingerprint density at radius 3 is 2.76 bits per heavy atom. The summed E-state index contributed by atoms with van der Waals surface area (Å²) in [6.45, 7) is 0. The molecule has 0 radical (unpaired) electrons. The number of carbonyl (C=O) groups excluding carboxylic acids is 1. The summed E-state index contributed by atoms with van der Waals surface area (Å²) in [6.07, 6.45) is 3.89. The van der Waals surface area contributed by atoms with Gasteiger partial charge in [0.15, 0.2) is 0 Å². The van der Waals surface area contributed by atoms with Crippen molar-refractivity contribution < 1.29 is 14.8 Å². The van der Waals surface area contributed by atoms with Gasteiger partial charge in [-0.1, -0.05) is 0 Å². The van der Waals surface area contributed by atoms with Crippen molar-refractivity contribution in [2.75, 3.05) is 0 Å². The molecule has 1 heterocycles. The zero-order valence-electron chi connectivity index (χ0n) is 10.5. The highest BCUT2D eigenvalue weighted by Crippen LogP contribution is 2.21. The summed E-state index contributed by atoms with van der Waals surface area (Å²) in [6, 6.07) is 5.01. The van der Waals surface area contributed by atoms with E-state index in [4.69, 9.17) is 0 Å². The Hall–Kier alpha value is -3.36. The van der Waals surface area contributed by atoms with Gasteiger partial charge in [0, 0.05) is 30.1 Å². The number of amides is 1. The molecule has 0 saturated carbocycles. The Labute approximate surface area is 118 Å². The van der Waals surface area contributed by atoms with Gasteiger partial charge in [0.2, 0.25) is 5.82 Å². The molecule has 2 aromatic rings. The van der Waals surface area contributed by atoms with Crippen molar-refractivity contribution in [1.82, 2.24) is 15.4 Å². The third kappa shape index (κ3) is 3.56. The molecule has 1 amide bonds. The van der Waals surface area contributed by atoms with E-state index in [2.05, 4.69) is 20.5 Å². The second-order valence-electron chi connectivity index (χ2n) is 3.77. The lowest BCUT2D eigenvalue weighted by Gasteiger charge is -1.99. The summed E-state index contributed by atoms with van der Waals surface area (Å²) in [7, 11) is 0. The van der Waals surface area contributed by atoms with Crippen molar-refractivity contribution in [2.24, 2.45) is 5.10 Å². The second kappa shape index (κ2) is 6.19. The van der Waals surface area contributed by atoms with Crippen LogP contribution < -0.4 is 5.43 Å². The zero-order valence-corrected chi connectivity index (χ0v) is 10.5. The van der Waals surface area contributed by atoms with Crippen molar-refractivity contribution >= 4 is 17.8 Å². The summed E-state index contributed by atoms with van der Waals surface area (Å²) in [5.41, 5.74) is 2.04. The van der Waals surface area contributed by atoms with Crippen LogP contribution in [0.2, 0.25) is 0 Å². The number of nitrogens with one attached hydrogen (secondary N) is 1. The number of non-ortho nitro benzene ring substituents is 1. The van der Waals surface area contributed by atoms with E-state index < -0.39 is 10.8 Å². The summed E-state index contributed by atoms with van der Waals surface area (Å²) in [5.74, 6) is -0.913. The molecule has 1 aromatic carbocycles. The number of aromatic nitrogens is 2. The van der Waals surface area contributed by atoms with Gasteiger partial charge < -0.3 is 5.11 Å². The monoisotopic (exact) mass is 287 g/mol. The number of carbonyl (C=O) groups is 1. The van der Waals surface area contributed by atoms with Gasteiger partial charge in [0.1, 0.15) is 5.75 Å². The van der Waals surface area contributed by atoms with E-state index in [1.54, 1.807) is 6.07 Å². The van der Waals surface area contributed by atoms with Gasteiger partial charge in [-0.3, -0.25) is 14.9 Å². The number of nitro groups is 1. The minimum atomic E-state index is -0.642. The van der Waals surface area contributed by atoms with Crippen LogP contribution in [0.4, 0.5) is 5.69 Å². The van der Waals surface area contributed by atoms with E-state index in [1.807, 2.05) is 0 Å². The molecule has 2 rings (SSSR count). The lowest BCUT2D eigenvalue weighted by molar-refractivity contribution is -0.384. The van der Waals surface area contributed by atoms with Crippen LogP contribution in [-0.4, -0.2) is 32.1 Å². The topological polar surface area (TPSA) is 131 Å². The molecule has 0 atom stereocenters. The Bertz CT molecular complexity index is 702. The predicted molar refractivity (Wildman–Crippen MR) is 71.9 cm³/mol. The predicted octanol–water partition coefficient (Wildman–Crippen LogP) is 0.854. The normalized spacial score (nSPS) is 10.5. The van der Waals surface area contributed by atoms with Crippen molar-refractivity contribution in [3.8, 4) is 5.75 Å². The third-order valence-corrected chi connectivity index (χ3v) is 2.36. The maximum Gasteiger partial charge on any atom is 0.309 e. The van der Waals surface area contributed by atoms with E-state index in [-0.39, 0.29) is 22.8 Å². The standard InChI is InChI=1S/C12H9N5O4/c18-10-3-2-9(17(20)21)6-8(10)7-15-16-12(19)11-13-4-1-5-14-11/h1-7,18H,(H,16,19)/b15-7+. The average molecular weight is 287 g/mol. The summed E-state index contributed by atoms with van der Waals surface area (Å²) in [4.78, 5) is 29.0. The SMILES string of the molecule is O=C(N/N=C/c1cc([N+](=O)[O-])ccc1O)c1ncccn1. The molecular formula is C12H9N5O4. The molecule has 0 bridgehead atoms. The molecule has 0 fully saturated rings. The van der Waals surface area contributed by atoms with E-state index in [9.17, 15) is 20.0 Å². The van der Waals surface area contributed by atoms with Gasteiger partial charge in [-0.15, -0.1) is 0 Å². The van der Waals surface area contributed by atoms with Crippen molar-refractivity contribution in [2.45, 2.75) is 0 Å². The lowest BCUT2D eigenvalue weighted by Crippen LogP contribution is -2.20. The van der Waals surface area contributed by atoms with Crippen molar-refractivity contribution in [3.05, 3.63) is 58.2 Å². The maximum absolute atomic E-state index is 11.6. The zero-order chi connectivity index (χ0) is 15.2. The van der Waals surface area contributed by atoms with Gasteiger partial charge in [-0.2, -0.15) is 5.10 Å². The highest BCUT2D eigenvalue weighted by Gasteiger charge is 2.09. The summed E-state index contributed by atoms with van der Waals surface area (Å²) in [5, 5.41) is 23.8. The first kappa shape index (κ1) is 14.1. The van der Waals surface area contributed by atoms with Gasteiger partial charge in [-0.05, 0) is 12.1 Å². The highest BCUT2D eigenvalue weighted by atomic mass is 16.6. The van der Waals surface area contributed by atoms with Crippen LogP contribution in [0.25, 0.3) is 0 Å². The molecule has 21 heavy (non-hydrogen) atoms. The number of hydrogen-bond donors (Lipinski definition) is 2. The first-order valence-electron chi connectivity index (χ1n) is 5.66. The number of phenolic OH excluding ortho intramolecular Hbond substituents is 1. The van der Waals surface area contributed by atoms with Gasteiger partial charge >= 0.3 is 5.91 Å². The first-order chi connectivity index (χ1) is 10.1. The molecule has 1 aromatic heterocycles. The van der Waals surface area contributed by atoms with Crippen LogP contribution >= 0.6 is 0 Å². The lowest BCUT2D eigenvalue weighted by atomic mass is 10.2. The molecule has 0 aliphatic heterocycles. The fourth-order valence-electron chi connectivity index (χ4n) is 1.39. The van der Waals surface area contributed by atoms with Crippen LogP contribution in [0.1, 0.15) is 16.2 Å². The fourth-order valence-corrected chi connectivity index (χ4v) is 1.39. The minimum absolute atomic E-state index is 0.0714. The first-order valence-corrected chi connectivity index (χ1v) is 5.66. The molecular weight excluding hydrogens is 278 g/mol. The van der Waals surface area contributed by atoms with Crippen LogP contribution in [0.3, 0.4) is 0 Å². The number of nitro benzene ring substituents is 1. The number of nitrogens with zero attached hydrogens (tertiary/aromatic N) is 4. The quantitative estimate of drug-likeness (QED) is 0.487. The van der Waals surface area contributed by atoms with Crippen molar-refractivity contribution in [1.29, 1.82) is 0 Å². The molecule has 106 valence electrons. The Kier molecular flexibility index (Phi) is 4.14.